The molecule has 80 heavy (non-hydrogen) atoms. The van der Waals surface area contributed by atoms with E-state index in [1.54, 1.807) is 42.7 Å². The lowest BCUT2D eigenvalue weighted by Gasteiger charge is -2.29. The van der Waals surface area contributed by atoms with Crippen LogP contribution in [0.25, 0.3) is 32.8 Å². The number of hydrogen-bond acceptors (Lipinski definition) is 24. The standard InChI is InChI=1S/C43H55FN18O14P2S2/c1-21(2)31(59-28(63)13-56-60-48)40(65)58-24(4-3-11-49-42(47)66)39(64)57-23-7-5-22(6-8-23)14-69-43(9-10-43)76-80-78(68)71-16-27-34(30(44)41(73-27)62-20-55-33-36(46)51-18-53-38(33)62)75-77(67,79)70-15-26-25(74-78)12-29(72-26)61-19-54-32-35(45)50-17-52-37(32)61/h5-8,17-21,24-27,29-31,34,41H,3-4,9-16H2,1-2H3,(H,57,64)(H,58,65)(H,59,63)(H,67,79)(H2,45,50,52)(H2,46,51,53)(H3,47,49,66)/t24-,25-,26?,27+,29+,30+,31-,34+,41+,77+,78?/m0/s1. The summed E-state index contributed by atoms with van der Waals surface area (Å²) >= 11 is 4.54. The van der Waals surface area contributed by atoms with Gasteiger partial charge in [-0.05, 0) is 42.0 Å². The van der Waals surface area contributed by atoms with Gasteiger partial charge in [0.05, 0.1) is 32.5 Å². The summed E-state index contributed by atoms with van der Waals surface area (Å²) < 4.78 is 97.3. The van der Waals surface area contributed by atoms with Gasteiger partial charge in [-0.25, -0.2) is 48.2 Å². The molecule has 7 heterocycles. The van der Waals surface area contributed by atoms with E-state index in [2.05, 4.69) is 73.4 Å². The number of urea groups is 1. The van der Waals surface area contributed by atoms with Crippen molar-refractivity contribution in [3.63, 3.8) is 0 Å². The normalized spacial score (nSPS) is 27.1. The first-order chi connectivity index (χ1) is 38.2. The number of nitrogen functional groups attached to an aromatic ring is 2. The number of imidazole rings is 2. The van der Waals surface area contributed by atoms with Crippen LogP contribution in [0, 0.1) is 5.92 Å². The van der Waals surface area contributed by atoms with Crippen molar-refractivity contribution in [2.75, 3.05) is 43.1 Å². The highest BCUT2D eigenvalue weighted by Crippen LogP contribution is 2.67. The molecule has 37 heteroatoms. The molecule has 5 aromatic rings. The van der Waals surface area contributed by atoms with Gasteiger partial charge in [0.1, 0.15) is 84.6 Å². The number of carbonyl (C=O) groups excluding carboxylic acids is 4. The fourth-order valence-corrected chi connectivity index (χ4v) is 13.1. The number of thiol groups is 1. The summed E-state index contributed by atoms with van der Waals surface area (Å²) in [6, 6.07) is 3.57. The number of aromatic nitrogens is 8. The summed E-state index contributed by atoms with van der Waals surface area (Å²) in [4.78, 5) is 78.2. The minimum atomic E-state index is -4.56. The monoisotopic (exact) mass is 1190 g/mol. The van der Waals surface area contributed by atoms with Crippen LogP contribution in [-0.4, -0.2) is 138 Å². The second-order valence-corrected chi connectivity index (χ2v) is 25.3. The first-order valence-electron chi connectivity index (χ1n) is 24.7. The van der Waals surface area contributed by atoms with Gasteiger partial charge in [-0.1, -0.05) is 43.3 Å². The minimum Gasteiger partial charge on any atom is -0.382 e. The van der Waals surface area contributed by atoms with E-state index < -0.39 is 124 Å². The Morgan fingerprint density at radius 2 is 1.60 bits per heavy atom. The number of hydrogen-bond donors (Lipinski definition) is 8. The van der Waals surface area contributed by atoms with Crippen molar-refractivity contribution in [1.29, 1.82) is 0 Å². The summed E-state index contributed by atoms with van der Waals surface area (Å²) in [5, 5.41) is 13.6. The van der Waals surface area contributed by atoms with Crippen LogP contribution in [0.5, 0.6) is 0 Å². The molecule has 32 nitrogen and oxygen atoms in total. The third kappa shape index (κ3) is 13.9. The number of azide groups is 1. The average molecular weight is 1190 g/mol. The van der Waals surface area contributed by atoms with E-state index in [-0.39, 0.29) is 60.7 Å². The van der Waals surface area contributed by atoms with E-state index in [0.29, 0.717) is 41.4 Å². The van der Waals surface area contributed by atoms with Crippen LogP contribution in [0.15, 0.2) is 54.7 Å². The zero-order valence-corrected chi connectivity index (χ0v) is 46.0. The average Bonchev–Trinajstić information content (AvgIpc) is 3.77. The molecule has 1 aromatic carbocycles. The number of nitrogens with zero attached hydrogens (tertiary/aromatic N) is 11. The van der Waals surface area contributed by atoms with Gasteiger partial charge in [-0.15, -0.1) is 0 Å². The third-order valence-corrected chi connectivity index (χ3v) is 17.4. The first-order valence-corrected chi connectivity index (χ1v) is 30.3. The molecule has 3 aliphatic heterocycles. The maximum absolute atomic E-state index is 16.7. The summed E-state index contributed by atoms with van der Waals surface area (Å²) in [5.41, 5.74) is 27.7. The van der Waals surface area contributed by atoms with E-state index >= 15 is 8.96 Å². The van der Waals surface area contributed by atoms with Gasteiger partial charge in [-0.3, -0.25) is 45.8 Å². The number of halogens is 1. The molecular weight excluding hydrogens is 1140 g/mol. The molecule has 4 fully saturated rings. The number of fused-ring (bicyclic) bond motifs is 4. The lowest BCUT2D eigenvalue weighted by Crippen LogP contribution is -2.55. The lowest BCUT2D eigenvalue weighted by atomic mass is 10.0. The zero-order valence-electron chi connectivity index (χ0n) is 42.5. The number of alkyl halides is 1. The van der Waals surface area contributed by atoms with Gasteiger partial charge in [0, 0.05) is 36.4 Å². The number of amides is 5. The van der Waals surface area contributed by atoms with Gasteiger partial charge >= 0.3 is 19.6 Å². The van der Waals surface area contributed by atoms with Gasteiger partial charge < -0.3 is 52.7 Å². The Morgan fingerprint density at radius 3 is 2.26 bits per heavy atom. The number of ether oxygens (including phenoxy) is 3. The molecule has 5 amide bonds. The maximum Gasteiger partial charge on any atom is 0.416 e. The van der Waals surface area contributed by atoms with Crippen molar-refractivity contribution in [2.45, 2.75) is 113 Å². The minimum absolute atomic E-state index is 0.0216. The molecule has 3 saturated heterocycles. The molecule has 0 radical (unpaired) electrons. The van der Waals surface area contributed by atoms with E-state index in [4.69, 9.17) is 59.2 Å². The molecule has 430 valence electrons. The SMILES string of the molecule is CC(C)[C@H](NC(=O)CN=[N+]=[N-])C(=O)N[C@@H](CCCNC(N)=O)C(=O)Nc1ccc(COC2(OSP3(=O)OC[C@H]4O[C@@H](n5cnc6c(N)ncnc65)[C@H](F)[C@@H]4O[P@](=O)(S)OCC4O[C@@H](n5cnc6c(N)ncnc65)C[C@@H]4O3)CC2)cc1. The second-order valence-electron chi connectivity index (χ2n) is 19.0. The zero-order chi connectivity index (χ0) is 56.9. The Labute approximate surface area is 462 Å². The number of nitrogens with one attached hydrogen (secondary N) is 4. The second kappa shape index (κ2) is 24.8. The quantitative estimate of drug-likeness (QED) is 0.00797. The predicted molar refractivity (Wildman–Crippen MR) is 283 cm³/mol. The highest BCUT2D eigenvalue weighted by molar-refractivity contribution is 8.52. The van der Waals surface area contributed by atoms with Crippen molar-refractivity contribution in [1.82, 2.24) is 55.0 Å². The molecule has 2 unspecified atom stereocenters. The van der Waals surface area contributed by atoms with Gasteiger partial charge in [0.15, 0.2) is 41.1 Å². The molecule has 0 spiro atoms. The van der Waals surface area contributed by atoms with Crippen LogP contribution >= 0.6 is 37.5 Å². The highest BCUT2D eigenvalue weighted by Gasteiger charge is 2.54. The Morgan fingerprint density at radius 1 is 0.925 bits per heavy atom. The van der Waals surface area contributed by atoms with Crippen molar-refractivity contribution >= 4 is 101 Å². The summed E-state index contributed by atoms with van der Waals surface area (Å²) in [7, 11) is 0. The fraction of sp³-hybridized carbons (Fsp3) is 0.535. The van der Waals surface area contributed by atoms with E-state index in [9.17, 15) is 23.7 Å². The van der Waals surface area contributed by atoms with Crippen molar-refractivity contribution in [3.05, 3.63) is 65.6 Å². The molecule has 4 aromatic heterocycles. The molecule has 4 aliphatic rings. The molecule has 10 N–H and O–H groups in total. The Kier molecular flexibility index (Phi) is 18.1. The molecule has 9 rings (SSSR count). The number of nitrogens with two attached hydrogens (primary N) is 3. The number of benzene rings is 1. The third-order valence-electron chi connectivity index (χ3n) is 12.9. The van der Waals surface area contributed by atoms with Crippen LogP contribution in [0.3, 0.4) is 0 Å². The van der Waals surface area contributed by atoms with Gasteiger partial charge in [-0.2, -0.15) is 0 Å². The molecule has 11 atom stereocenters. The topological polar surface area (TPSA) is 438 Å². The van der Waals surface area contributed by atoms with Crippen molar-refractivity contribution in [3.8, 4) is 0 Å². The van der Waals surface area contributed by atoms with E-state index in [1.807, 2.05) is 0 Å². The van der Waals surface area contributed by atoms with Crippen LogP contribution in [0.4, 0.5) is 26.5 Å². The number of rotatable bonds is 20. The summed E-state index contributed by atoms with van der Waals surface area (Å²) in [6.07, 6.45) is -3.81. The summed E-state index contributed by atoms with van der Waals surface area (Å²) in [5.74, 6) is -3.54. The Hall–Kier alpha value is -6.32. The van der Waals surface area contributed by atoms with Crippen LogP contribution in [0.2, 0.25) is 0 Å². The summed E-state index contributed by atoms with van der Waals surface area (Å²) in [6.45, 7) is -7.29. The smallest absolute Gasteiger partial charge is 0.382 e. The highest BCUT2D eigenvalue weighted by atomic mass is 32.7. The number of anilines is 3. The lowest BCUT2D eigenvalue weighted by molar-refractivity contribution is -0.131. The van der Waals surface area contributed by atoms with E-state index in [0.717, 1.165) is 6.33 Å². The van der Waals surface area contributed by atoms with Crippen LogP contribution < -0.4 is 38.5 Å². The van der Waals surface area contributed by atoms with E-state index in [1.165, 1.54) is 23.5 Å². The molecule has 1 aliphatic carbocycles. The predicted octanol–water partition coefficient (Wildman–Crippen LogP) is 4.01. The molecular formula is C43H55FN18O14P2S2. The van der Waals surface area contributed by atoms with Crippen molar-refractivity contribution < 1.29 is 69.2 Å². The van der Waals surface area contributed by atoms with Crippen LogP contribution in [0.1, 0.15) is 64.0 Å². The fourth-order valence-electron chi connectivity index (χ4n) is 8.69. The number of carbonyl (C=O) groups is 4. The largest absolute Gasteiger partial charge is 0.416 e. The molecule has 0 bridgehead atoms. The maximum atomic E-state index is 16.7. The first kappa shape index (κ1) is 58.3. The van der Waals surface area contributed by atoms with Gasteiger partial charge in [0.2, 0.25) is 17.7 Å². The van der Waals surface area contributed by atoms with Gasteiger partial charge in [0.25, 0.3) is 0 Å². The Bertz CT molecular complexity index is 3250. The van der Waals surface area contributed by atoms with Crippen LogP contribution in [-0.2, 0) is 66.6 Å². The number of primary amides is 1. The Balaban J connectivity index is 0.883. The molecule has 1 saturated carbocycles. The van der Waals surface area contributed by atoms with Crippen molar-refractivity contribution in [2.24, 2.45) is 16.8 Å².